The van der Waals surface area contributed by atoms with E-state index in [1.165, 1.54) is 32.1 Å². The summed E-state index contributed by atoms with van der Waals surface area (Å²) in [5.74, 6) is 2.89. The van der Waals surface area contributed by atoms with Crippen molar-refractivity contribution in [2.75, 3.05) is 39.3 Å². The summed E-state index contributed by atoms with van der Waals surface area (Å²) >= 11 is 0. The number of carbonyl (C=O) groups is 2. The topological polar surface area (TPSA) is 78.7 Å². The van der Waals surface area contributed by atoms with Crippen LogP contribution in [0.2, 0.25) is 0 Å². The molecule has 4 rings (SSSR count). The van der Waals surface area contributed by atoms with Gasteiger partial charge in [0.05, 0.1) is 5.69 Å². The maximum atomic E-state index is 12.9. The van der Waals surface area contributed by atoms with E-state index in [0.29, 0.717) is 44.4 Å². The SMILES string of the molecule is CC(=O)N1CCN(C(=O)CC2CCNCC2Cc2cc(CC3CCCCC3)on2)CC1. The van der Waals surface area contributed by atoms with Crippen LogP contribution in [-0.4, -0.2) is 66.0 Å². The number of hydrogen-bond acceptors (Lipinski definition) is 5. The molecule has 0 aromatic carbocycles. The first kappa shape index (κ1) is 22.3. The molecule has 2 unspecified atom stereocenters. The number of rotatable bonds is 6. The minimum atomic E-state index is 0.0981. The van der Waals surface area contributed by atoms with Gasteiger partial charge in [-0.1, -0.05) is 37.3 Å². The van der Waals surface area contributed by atoms with Crippen molar-refractivity contribution in [2.45, 2.75) is 64.7 Å². The Kier molecular flexibility index (Phi) is 7.64. The maximum absolute atomic E-state index is 12.9. The third kappa shape index (κ3) is 6.09. The van der Waals surface area contributed by atoms with E-state index in [2.05, 4.69) is 16.5 Å². The fourth-order valence-electron chi connectivity index (χ4n) is 5.60. The highest BCUT2D eigenvalue weighted by Crippen LogP contribution is 2.29. The first-order chi connectivity index (χ1) is 15.1. The van der Waals surface area contributed by atoms with Crippen LogP contribution in [-0.2, 0) is 22.4 Å². The largest absolute Gasteiger partial charge is 0.361 e. The van der Waals surface area contributed by atoms with Crippen molar-refractivity contribution >= 4 is 11.8 Å². The summed E-state index contributed by atoms with van der Waals surface area (Å²) in [6.07, 6.45) is 10.2. The van der Waals surface area contributed by atoms with Crippen LogP contribution in [0.5, 0.6) is 0 Å². The second-order valence-electron chi connectivity index (χ2n) is 9.80. The molecule has 0 spiro atoms. The van der Waals surface area contributed by atoms with E-state index in [9.17, 15) is 9.59 Å². The summed E-state index contributed by atoms with van der Waals surface area (Å²) in [5.41, 5.74) is 1.03. The van der Waals surface area contributed by atoms with Crippen molar-refractivity contribution in [1.29, 1.82) is 0 Å². The van der Waals surface area contributed by atoms with E-state index in [-0.39, 0.29) is 11.8 Å². The van der Waals surface area contributed by atoms with Crippen molar-refractivity contribution in [3.63, 3.8) is 0 Å². The zero-order chi connectivity index (χ0) is 21.6. The van der Waals surface area contributed by atoms with Crippen molar-refractivity contribution < 1.29 is 14.1 Å². The number of piperazine rings is 1. The molecule has 1 aliphatic carbocycles. The van der Waals surface area contributed by atoms with E-state index < -0.39 is 0 Å². The second kappa shape index (κ2) is 10.6. The quantitative estimate of drug-likeness (QED) is 0.751. The van der Waals surface area contributed by atoms with E-state index in [1.807, 2.05) is 9.80 Å². The molecule has 172 valence electrons. The van der Waals surface area contributed by atoms with Gasteiger partial charge in [0.2, 0.25) is 11.8 Å². The monoisotopic (exact) mass is 430 g/mol. The Morgan fingerprint density at radius 1 is 1.03 bits per heavy atom. The van der Waals surface area contributed by atoms with E-state index in [0.717, 1.165) is 49.7 Å². The van der Waals surface area contributed by atoms with Crippen molar-refractivity contribution in [2.24, 2.45) is 17.8 Å². The molecule has 7 nitrogen and oxygen atoms in total. The first-order valence-corrected chi connectivity index (χ1v) is 12.3. The van der Waals surface area contributed by atoms with Crippen LogP contribution < -0.4 is 5.32 Å². The molecule has 1 aromatic heterocycles. The van der Waals surface area contributed by atoms with Gasteiger partial charge in [0.15, 0.2) is 0 Å². The van der Waals surface area contributed by atoms with Crippen LogP contribution in [0.4, 0.5) is 0 Å². The Balaban J connectivity index is 1.28. The molecule has 31 heavy (non-hydrogen) atoms. The lowest BCUT2D eigenvalue weighted by molar-refractivity contribution is -0.139. The standard InChI is InChI=1S/C24H38N4O3/c1-18(29)27-9-11-28(12-10-27)24(30)15-20-7-8-25-17-21(20)14-22-16-23(31-26-22)13-19-5-3-2-4-6-19/h16,19-21,25H,2-15,17H2,1H3. The minimum Gasteiger partial charge on any atom is -0.361 e. The van der Waals surface area contributed by atoms with E-state index in [1.54, 1.807) is 6.92 Å². The third-order valence-corrected chi connectivity index (χ3v) is 7.57. The molecule has 2 aliphatic heterocycles. The summed E-state index contributed by atoms with van der Waals surface area (Å²) in [6, 6.07) is 2.16. The molecule has 1 N–H and O–H groups in total. The molecule has 1 aromatic rings. The molecule has 2 saturated heterocycles. The first-order valence-electron chi connectivity index (χ1n) is 12.3. The summed E-state index contributed by atoms with van der Waals surface area (Å²) in [4.78, 5) is 28.2. The maximum Gasteiger partial charge on any atom is 0.222 e. The minimum absolute atomic E-state index is 0.0981. The predicted octanol–water partition coefficient (Wildman–Crippen LogP) is 2.65. The van der Waals surface area contributed by atoms with Gasteiger partial charge in [-0.15, -0.1) is 0 Å². The van der Waals surface area contributed by atoms with Crippen molar-refractivity contribution in [3.8, 4) is 0 Å². The highest BCUT2D eigenvalue weighted by Gasteiger charge is 2.31. The van der Waals surface area contributed by atoms with E-state index in [4.69, 9.17) is 4.52 Å². The van der Waals surface area contributed by atoms with Crippen LogP contribution in [0.3, 0.4) is 0 Å². The van der Waals surface area contributed by atoms with Gasteiger partial charge in [-0.3, -0.25) is 9.59 Å². The highest BCUT2D eigenvalue weighted by atomic mass is 16.5. The zero-order valence-electron chi connectivity index (χ0n) is 19.0. The molecule has 3 fully saturated rings. The van der Waals surface area contributed by atoms with Crippen LogP contribution in [0.15, 0.2) is 10.6 Å². The van der Waals surface area contributed by atoms with Gasteiger partial charge >= 0.3 is 0 Å². The number of amides is 2. The number of nitrogens with zero attached hydrogens (tertiary/aromatic N) is 3. The average Bonchev–Trinajstić information content (AvgIpc) is 3.22. The van der Waals surface area contributed by atoms with Gasteiger partial charge < -0.3 is 19.6 Å². The number of piperidine rings is 1. The highest BCUT2D eigenvalue weighted by molar-refractivity contribution is 5.77. The molecule has 0 radical (unpaired) electrons. The molecule has 2 amide bonds. The van der Waals surface area contributed by atoms with E-state index >= 15 is 0 Å². The molecular weight excluding hydrogens is 392 g/mol. The average molecular weight is 431 g/mol. The van der Waals surface area contributed by atoms with Gasteiger partial charge in [-0.05, 0) is 43.7 Å². The van der Waals surface area contributed by atoms with Crippen LogP contribution in [0.25, 0.3) is 0 Å². The summed E-state index contributed by atoms with van der Waals surface area (Å²) in [5, 5.41) is 7.87. The third-order valence-electron chi connectivity index (χ3n) is 7.57. The number of aromatic nitrogens is 1. The molecule has 2 atom stereocenters. The summed E-state index contributed by atoms with van der Waals surface area (Å²) in [7, 11) is 0. The normalized spacial score (nSPS) is 25.6. The van der Waals surface area contributed by atoms with Gasteiger partial charge in [0.1, 0.15) is 5.76 Å². The van der Waals surface area contributed by atoms with Gasteiger partial charge in [0.25, 0.3) is 0 Å². The Hall–Kier alpha value is -1.89. The van der Waals surface area contributed by atoms with Crippen LogP contribution in [0, 0.1) is 17.8 Å². The zero-order valence-corrected chi connectivity index (χ0v) is 19.0. The van der Waals surface area contributed by atoms with Crippen molar-refractivity contribution in [1.82, 2.24) is 20.3 Å². The lowest BCUT2D eigenvalue weighted by atomic mass is 9.80. The second-order valence-corrected chi connectivity index (χ2v) is 9.80. The molecule has 0 bridgehead atoms. The van der Waals surface area contributed by atoms with Gasteiger partial charge in [-0.2, -0.15) is 0 Å². The van der Waals surface area contributed by atoms with Crippen LogP contribution >= 0.6 is 0 Å². The fourth-order valence-corrected chi connectivity index (χ4v) is 5.60. The van der Waals surface area contributed by atoms with Gasteiger partial charge in [-0.25, -0.2) is 0 Å². The molecule has 7 heteroatoms. The molecular formula is C24H38N4O3. The Morgan fingerprint density at radius 3 is 2.52 bits per heavy atom. The predicted molar refractivity (Wildman–Crippen MR) is 118 cm³/mol. The molecule has 3 aliphatic rings. The summed E-state index contributed by atoms with van der Waals surface area (Å²) in [6.45, 7) is 6.11. The summed E-state index contributed by atoms with van der Waals surface area (Å²) < 4.78 is 5.67. The fraction of sp³-hybridized carbons (Fsp3) is 0.792. The number of carbonyl (C=O) groups excluding carboxylic acids is 2. The molecule has 1 saturated carbocycles. The lowest BCUT2D eigenvalue weighted by Gasteiger charge is -2.37. The van der Waals surface area contributed by atoms with Gasteiger partial charge in [0, 0.05) is 52.0 Å². The van der Waals surface area contributed by atoms with Crippen molar-refractivity contribution in [3.05, 3.63) is 17.5 Å². The Morgan fingerprint density at radius 2 is 1.77 bits per heavy atom. The number of nitrogens with one attached hydrogen (secondary N) is 1. The smallest absolute Gasteiger partial charge is 0.222 e. The lowest BCUT2D eigenvalue weighted by Crippen LogP contribution is -2.51. The Labute approximate surface area is 185 Å². The number of hydrogen-bond donors (Lipinski definition) is 1. The Bertz CT molecular complexity index is 735. The van der Waals surface area contributed by atoms with Crippen LogP contribution in [0.1, 0.15) is 63.3 Å². The molecule has 3 heterocycles.